The van der Waals surface area contributed by atoms with Crippen LogP contribution in [0.4, 0.5) is 0 Å². The van der Waals surface area contributed by atoms with Crippen LogP contribution in [0.25, 0.3) is 11.8 Å². The van der Waals surface area contributed by atoms with Crippen LogP contribution in [0.15, 0.2) is 43.0 Å². The second-order valence-corrected chi connectivity index (χ2v) is 3.63. The molecule has 0 unspecified atom stereocenters. The van der Waals surface area contributed by atoms with Crippen molar-refractivity contribution in [1.29, 1.82) is 0 Å². The molecule has 1 N–H and O–H groups in total. The standard InChI is InChI=1S/C14H15N/c1-3-12-8-6-7-11(2)14(12)13-9-4-5-10-15-13/h3-9,15H,1,10H2,2H3. The zero-order valence-electron chi connectivity index (χ0n) is 8.96. The molecule has 0 atom stereocenters. The van der Waals surface area contributed by atoms with Crippen molar-refractivity contribution in [3.05, 3.63) is 59.7 Å². The van der Waals surface area contributed by atoms with Crippen LogP contribution in [-0.2, 0) is 0 Å². The smallest absolute Gasteiger partial charge is 0.0424 e. The Labute approximate surface area is 90.8 Å². The van der Waals surface area contributed by atoms with Crippen LogP contribution in [0, 0.1) is 6.92 Å². The lowest BCUT2D eigenvalue weighted by Gasteiger charge is -2.16. The minimum Gasteiger partial charge on any atom is -0.381 e. The second kappa shape index (κ2) is 4.18. The molecule has 76 valence electrons. The Morgan fingerprint density at radius 2 is 2.27 bits per heavy atom. The molecule has 0 radical (unpaired) electrons. The van der Waals surface area contributed by atoms with Gasteiger partial charge in [-0.15, -0.1) is 0 Å². The molecule has 15 heavy (non-hydrogen) atoms. The van der Waals surface area contributed by atoms with Gasteiger partial charge >= 0.3 is 0 Å². The van der Waals surface area contributed by atoms with Crippen molar-refractivity contribution in [3.63, 3.8) is 0 Å². The minimum absolute atomic E-state index is 0.900. The summed E-state index contributed by atoms with van der Waals surface area (Å²) in [4.78, 5) is 0. The van der Waals surface area contributed by atoms with E-state index in [1.54, 1.807) is 0 Å². The molecule has 0 fully saturated rings. The lowest BCUT2D eigenvalue weighted by molar-refractivity contribution is 0.992. The zero-order chi connectivity index (χ0) is 10.7. The van der Waals surface area contributed by atoms with Crippen LogP contribution in [0.5, 0.6) is 0 Å². The molecule has 0 saturated carbocycles. The fourth-order valence-corrected chi connectivity index (χ4v) is 1.86. The van der Waals surface area contributed by atoms with Gasteiger partial charge in [0.2, 0.25) is 0 Å². The molecule has 1 aromatic carbocycles. The Bertz CT molecular complexity index is 439. The third kappa shape index (κ3) is 1.86. The van der Waals surface area contributed by atoms with Gasteiger partial charge in [-0.2, -0.15) is 0 Å². The summed E-state index contributed by atoms with van der Waals surface area (Å²) in [6.45, 7) is 6.88. The quantitative estimate of drug-likeness (QED) is 0.768. The van der Waals surface area contributed by atoms with Gasteiger partial charge in [-0.3, -0.25) is 0 Å². The summed E-state index contributed by atoms with van der Waals surface area (Å²) in [5.74, 6) is 0. The molecular formula is C14H15N. The van der Waals surface area contributed by atoms with Gasteiger partial charge in [0, 0.05) is 17.8 Å². The first-order valence-electron chi connectivity index (χ1n) is 5.16. The lowest BCUT2D eigenvalue weighted by atomic mass is 9.98. The van der Waals surface area contributed by atoms with Crippen molar-refractivity contribution in [2.24, 2.45) is 0 Å². The van der Waals surface area contributed by atoms with Crippen LogP contribution in [0.3, 0.4) is 0 Å². The SMILES string of the molecule is C=Cc1cccc(C)c1C1=CC=CCN1. The number of hydrogen-bond donors (Lipinski definition) is 1. The summed E-state index contributed by atoms with van der Waals surface area (Å²) in [6, 6.07) is 6.29. The third-order valence-electron chi connectivity index (χ3n) is 2.60. The topological polar surface area (TPSA) is 12.0 Å². The van der Waals surface area contributed by atoms with Crippen LogP contribution in [-0.4, -0.2) is 6.54 Å². The van der Waals surface area contributed by atoms with Crippen molar-refractivity contribution in [2.75, 3.05) is 6.54 Å². The first-order chi connectivity index (χ1) is 7.33. The molecule has 1 heteroatoms. The van der Waals surface area contributed by atoms with Gasteiger partial charge in [0.15, 0.2) is 0 Å². The molecule has 0 aromatic heterocycles. The van der Waals surface area contributed by atoms with Gasteiger partial charge in [-0.25, -0.2) is 0 Å². The van der Waals surface area contributed by atoms with Gasteiger partial charge in [0.25, 0.3) is 0 Å². The number of allylic oxidation sites excluding steroid dienone is 2. The Kier molecular flexibility index (Phi) is 2.72. The first-order valence-corrected chi connectivity index (χ1v) is 5.16. The van der Waals surface area contributed by atoms with Gasteiger partial charge in [0.05, 0.1) is 0 Å². The van der Waals surface area contributed by atoms with Crippen molar-refractivity contribution >= 4 is 11.8 Å². The molecule has 1 aliphatic heterocycles. The molecule has 1 aromatic rings. The molecule has 0 saturated heterocycles. The van der Waals surface area contributed by atoms with Crippen LogP contribution in [0.2, 0.25) is 0 Å². The van der Waals surface area contributed by atoms with E-state index in [1.807, 2.05) is 6.08 Å². The summed E-state index contributed by atoms with van der Waals surface area (Å²) in [5, 5.41) is 3.38. The highest BCUT2D eigenvalue weighted by Crippen LogP contribution is 2.23. The third-order valence-corrected chi connectivity index (χ3v) is 2.60. The number of hydrogen-bond acceptors (Lipinski definition) is 1. The highest BCUT2D eigenvalue weighted by atomic mass is 14.9. The molecule has 0 aliphatic carbocycles. The first kappa shape index (κ1) is 9.78. The Morgan fingerprint density at radius 3 is 2.93 bits per heavy atom. The molecule has 2 rings (SSSR count). The van der Waals surface area contributed by atoms with Crippen LogP contribution >= 0.6 is 0 Å². The van der Waals surface area contributed by atoms with Crippen molar-refractivity contribution in [1.82, 2.24) is 5.32 Å². The van der Waals surface area contributed by atoms with E-state index in [-0.39, 0.29) is 0 Å². The zero-order valence-corrected chi connectivity index (χ0v) is 8.96. The lowest BCUT2D eigenvalue weighted by Crippen LogP contribution is -2.15. The van der Waals surface area contributed by atoms with Crippen LogP contribution in [0.1, 0.15) is 16.7 Å². The molecule has 0 amide bonds. The van der Waals surface area contributed by atoms with E-state index in [1.165, 1.54) is 22.4 Å². The molecule has 0 spiro atoms. The highest BCUT2D eigenvalue weighted by molar-refractivity contribution is 5.76. The van der Waals surface area contributed by atoms with E-state index in [4.69, 9.17) is 0 Å². The summed E-state index contributed by atoms with van der Waals surface area (Å²) in [5.41, 5.74) is 4.91. The maximum Gasteiger partial charge on any atom is 0.0424 e. The maximum absolute atomic E-state index is 3.85. The van der Waals surface area contributed by atoms with E-state index in [0.717, 1.165) is 6.54 Å². The number of dihydropyridines is 1. The normalized spacial score (nSPS) is 14.3. The minimum atomic E-state index is 0.900. The van der Waals surface area contributed by atoms with E-state index >= 15 is 0 Å². The Morgan fingerprint density at radius 1 is 1.40 bits per heavy atom. The Balaban J connectivity index is 2.54. The largest absolute Gasteiger partial charge is 0.381 e. The molecular weight excluding hydrogens is 182 g/mol. The molecule has 1 nitrogen and oxygen atoms in total. The molecule has 1 aliphatic rings. The summed E-state index contributed by atoms with van der Waals surface area (Å²) in [7, 11) is 0. The highest BCUT2D eigenvalue weighted by Gasteiger charge is 2.08. The van der Waals surface area contributed by atoms with Crippen LogP contribution < -0.4 is 5.32 Å². The average Bonchev–Trinajstić information content (AvgIpc) is 2.29. The fraction of sp³-hybridized carbons (Fsp3) is 0.143. The number of benzene rings is 1. The predicted molar refractivity (Wildman–Crippen MR) is 66.4 cm³/mol. The number of aryl methyl sites for hydroxylation is 1. The molecule has 0 bridgehead atoms. The van der Waals surface area contributed by atoms with Gasteiger partial charge < -0.3 is 5.32 Å². The maximum atomic E-state index is 3.85. The Hall–Kier alpha value is -1.76. The van der Waals surface area contributed by atoms with Gasteiger partial charge in [-0.1, -0.05) is 43.0 Å². The summed E-state index contributed by atoms with van der Waals surface area (Å²) >= 11 is 0. The van der Waals surface area contributed by atoms with E-state index in [9.17, 15) is 0 Å². The predicted octanol–water partition coefficient (Wildman–Crippen LogP) is 3.14. The van der Waals surface area contributed by atoms with Gasteiger partial charge in [-0.05, 0) is 24.1 Å². The van der Waals surface area contributed by atoms with Crippen molar-refractivity contribution < 1.29 is 0 Å². The van der Waals surface area contributed by atoms with E-state index in [0.29, 0.717) is 0 Å². The number of nitrogens with one attached hydrogen (secondary N) is 1. The average molecular weight is 197 g/mol. The second-order valence-electron chi connectivity index (χ2n) is 3.63. The summed E-state index contributed by atoms with van der Waals surface area (Å²) < 4.78 is 0. The number of rotatable bonds is 2. The fourth-order valence-electron chi connectivity index (χ4n) is 1.86. The van der Waals surface area contributed by atoms with Crippen molar-refractivity contribution in [2.45, 2.75) is 6.92 Å². The van der Waals surface area contributed by atoms with Crippen molar-refractivity contribution in [3.8, 4) is 0 Å². The van der Waals surface area contributed by atoms with E-state index < -0.39 is 0 Å². The van der Waals surface area contributed by atoms with E-state index in [2.05, 4.69) is 55.2 Å². The van der Waals surface area contributed by atoms with Gasteiger partial charge in [0.1, 0.15) is 0 Å². The monoisotopic (exact) mass is 197 g/mol. The summed E-state index contributed by atoms with van der Waals surface area (Å²) in [6.07, 6.45) is 8.21. The molecule has 1 heterocycles.